The van der Waals surface area contributed by atoms with Crippen LogP contribution in [0.1, 0.15) is 15.9 Å². The molecule has 1 heterocycles. The molecule has 2 amide bonds. The molecule has 0 aromatic heterocycles. The number of halogens is 4. The second-order valence-electron chi connectivity index (χ2n) is 6.64. The van der Waals surface area contributed by atoms with Crippen molar-refractivity contribution in [2.24, 2.45) is 0 Å². The quantitative estimate of drug-likeness (QED) is 0.811. The summed E-state index contributed by atoms with van der Waals surface area (Å²) >= 11 is 6.02. The van der Waals surface area contributed by atoms with Gasteiger partial charge in [0.05, 0.1) is 28.4 Å². The Labute approximate surface area is 171 Å². The fraction of sp³-hybridized carbons (Fsp3) is 0.300. The second-order valence-corrected chi connectivity index (χ2v) is 7.05. The van der Waals surface area contributed by atoms with Crippen molar-refractivity contribution in [3.05, 3.63) is 64.7 Å². The lowest BCUT2D eigenvalue weighted by atomic mass is 10.1. The Hall–Kier alpha value is -2.58. The van der Waals surface area contributed by atoms with Gasteiger partial charge in [-0.05, 0) is 24.3 Å². The first-order valence-corrected chi connectivity index (χ1v) is 9.36. The zero-order chi connectivity index (χ0) is 21.0. The number of benzene rings is 2. The number of nitrogens with one attached hydrogen (secondary N) is 1. The summed E-state index contributed by atoms with van der Waals surface area (Å²) in [6.07, 6.45) is -4.59. The Morgan fingerprint density at radius 3 is 2.24 bits per heavy atom. The maximum absolute atomic E-state index is 13.2. The van der Waals surface area contributed by atoms with Crippen molar-refractivity contribution >= 4 is 29.1 Å². The molecule has 0 saturated carbocycles. The van der Waals surface area contributed by atoms with Crippen LogP contribution in [0.15, 0.2) is 48.5 Å². The molecule has 1 fully saturated rings. The van der Waals surface area contributed by atoms with Crippen LogP contribution in [-0.4, -0.2) is 54.3 Å². The van der Waals surface area contributed by atoms with Gasteiger partial charge in [0.1, 0.15) is 0 Å². The number of hydrogen-bond donors (Lipinski definition) is 1. The number of carbonyl (C=O) groups is 2. The van der Waals surface area contributed by atoms with Crippen LogP contribution in [-0.2, 0) is 11.0 Å². The molecular weight excluding hydrogens is 407 g/mol. The first-order chi connectivity index (χ1) is 13.8. The molecule has 2 aromatic rings. The van der Waals surface area contributed by atoms with E-state index in [-0.39, 0.29) is 31.1 Å². The van der Waals surface area contributed by atoms with Crippen molar-refractivity contribution in [2.75, 3.05) is 38.0 Å². The molecule has 5 nitrogen and oxygen atoms in total. The number of nitrogens with zero attached hydrogens (tertiary/aromatic N) is 2. The minimum absolute atomic E-state index is 0.104. The summed E-state index contributed by atoms with van der Waals surface area (Å²) in [6, 6.07) is 11.6. The average molecular weight is 426 g/mol. The summed E-state index contributed by atoms with van der Waals surface area (Å²) in [7, 11) is 0. The van der Waals surface area contributed by atoms with Crippen LogP contribution < -0.4 is 5.32 Å². The van der Waals surface area contributed by atoms with Gasteiger partial charge in [-0.3, -0.25) is 14.5 Å². The van der Waals surface area contributed by atoms with Crippen LogP contribution >= 0.6 is 11.6 Å². The van der Waals surface area contributed by atoms with E-state index in [0.717, 1.165) is 6.07 Å². The van der Waals surface area contributed by atoms with Crippen LogP contribution in [0, 0.1) is 0 Å². The largest absolute Gasteiger partial charge is 0.417 e. The normalized spacial score (nSPS) is 15.2. The number of alkyl halides is 3. The standard InChI is InChI=1S/C20H19ClF3N3O2/c21-16-7-3-4-8-17(16)25-18(28)13-26-9-11-27(12-10-26)19(29)14-5-1-2-6-15(14)20(22,23)24/h1-8H,9-13H2,(H,25,28). The molecule has 29 heavy (non-hydrogen) atoms. The van der Waals surface area contributed by atoms with Crippen LogP contribution in [0.4, 0.5) is 18.9 Å². The van der Waals surface area contributed by atoms with Crippen LogP contribution in [0.25, 0.3) is 0 Å². The maximum atomic E-state index is 13.2. The predicted molar refractivity (Wildman–Crippen MR) is 104 cm³/mol. The monoisotopic (exact) mass is 425 g/mol. The Bertz CT molecular complexity index is 897. The summed E-state index contributed by atoms with van der Waals surface area (Å²) in [5.74, 6) is -0.904. The van der Waals surface area contributed by atoms with E-state index in [4.69, 9.17) is 11.6 Å². The molecule has 0 aliphatic carbocycles. The first kappa shape index (κ1) is 21.1. The molecule has 0 atom stereocenters. The van der Waals surface area contributed by atoms with E-state index < -0.39 is 17.6 Å². The summed E-state index contributed by atoms with van der Waals surface area (Å²) in [4.78, 5) is 28.0. The van der Waals surface area contributed by atoms with Crippen LogP contribution in [0.5, 0.6) is 0 Å². The van der Waals surface area contributed by atoms with Crippen molar-refractivity contribution in [1.82, 2.24) is 9.80 Å². The molecule has 3 rings (SSSR count). The number of rotatable bonds is 4. The SMILES string of the molecule is O=C(CN1CCN(C(=O)c2ccccc2C(F)(F)F)CC1)Nc1ccccc1Cl. The molecular formula is C20H19ClF3N3O2. The predicted octanol–water partition coefficient (Wildman–Crippen LogP) is 3.76. The maximum Gasteiger partial charge on any atom is 0.417 e. The topological polar surface area (TPSA) is 52.7 Å². The third-order valence-electron chi connectivity index (χ3n) is 4.64. The van der Waals surface area contributed by atoms with Crippen molar-refractivity contribution in [1.29, 1.82) is 0 Å². The van der Waals surface area contributed by atoms with Gasteiger partial charge >= 0.3 is 6.18 Å². The minimum atomic E-state index is -4.59. The zero-order valence-electron chi connectivity index (χ0n) is 15.4. The van der Waals surface area contributed by atoms with Gasteiger partial charge in [-0.25, -0.2) is 0 Å². The zero-order valence-corrected chi connectivity index (χ0v) is 16.1. The number of piperazine rings is 1. The molecule has 154 valence electrons. The highest BCUT2D eigenvalue weighted by Crippen LogP contribution is 2.32. The molecule has 0 radical (unpaired) electrons. The van der Waals surface area contributed by atoms with Gasteiger partial charge in [0, 0.05) is 26.2 Å². The lowest BCUT2D eigenvalue weighted by Crippen LogP contribution is -2.50. The third-order valence-corrected chi connectivity index (χ3v) is 4.97. The van der Waals surface area contributed by atoms with Crippen molar-refractivity contribution in [3.63, 3.8) is 0 Å². The van der Waals surface area contributed by atoms with Gasteiger partial charge in [0.25, 0.3) is 5.91 Å². The van der Waals surface area contributed by atoms with Gasteiger partial charge < -0.3 is 10.2 Å². The van der Waals surface area contributed by atoms with E-state index in [1.165, 1.54) is 23.1 Å². The summed E-state index contributed by atoms with van der Waals surface area (Å²) in [5, 5.41) is 3.15. The lowest BCUT2D eigenvalue weighted by molar-refractivity contribution is -0.138. The van der Waals surface area contributed by atoms with Crippen molar-refractivity contribution in [3.8, 4) is 0 Å². The van der Waals surface area contributed by atoms with E-state index in [1.54, 1.807) is 24.3 Å². The van der Waals surface area contributed by atoms with E-state index in [1.807, 2.05) is 4.90 Å². The summed E-state index contributed by atoms with van der Waals surface area (Å²) in [5.41, 5.74) is -0.784. The Balaban J connectivity index is 1.56. The molecule has 1 N–H and O–H groups in total. The Morgan fingerprint density at radius 2 is 1.59 bits per heavy atom. The van der Waals surface area contributed by atoms with Gasteiger partial charge in [-0.2, -0.15) is 13.2 Å². The minimum Gasteiger partial charge on any atom is -0.336 e. The van der Waals surface area contributed by atoms with Crippen molar-refractivity contribution < 1.29 is 22.8 Å². The fourth-order valence-corrected chi connectivity index (χ4v) is 3.33. The fourth-order valence-electron chi connectivity index (χ4n) is 3.15. The van der Waals surface area contributed by atoms with E-state index in [2.05, 4.69) is 5.32 Å². The number of carbonyl (C=O) groups excluding carboxylic acids is 2. The number of amides is 2. The number of hydrogen-bond acceptors (Lipinski definition) is 3. The average Bonchev–Trinajstić information content (AvgIpc) is 2.69. The first-order valence-electron chi connectivity index (χ1n) is 8.98. The molecule has 0 bridgehead atoms. The number of anilines is 1. The molecule has 9 heteroatoms. The highest BCUT2D eigenvalue weighted by atomic mass is 35.5. The van der Waals surface area contributed by atoms with Crippen LogP contribution in [0.2, 0.25) is 5.02 Å². The molecule has 0 spiro atoms. The van der Waals surface area contributed by atoms with E-state index >= 15 is 0 Å². The summed E-state index contributed by atoms with van der Waals surface area (Å²) in [6.45, 7) is 1.35. The number of para-hydroxylation sites is 1. The van der Waals surface area contributed by atoms with Gasteiger partial charge in [0.15, 0.2) is 0 Å². The third kappa shape index (κ3) is 5.27. The molecule has 2 aromatic carbocycles. The Morgan fingerprint density at radius 1 is 0.966 bits per heavy atom. The van der Waals surface area contributed by atoms with Crippen LogP contribution in [0.3, 0.4) is 0 Å². The highest BCUT2D eigenvalue weighted by Gasteiger charge is 2.36. The molecule has 0 unspecified atom stereocenters. The molecule has 1 saturated heterocycles. The van der Waals surface area contributed by atoms with Gasteiger partial charge in [0.2, 0.25) is 5.91 Å². The Kier molecular flexibility index (Phi) is 6.44. The highest BCUT2D eigenvalue weighted by molar-refractivity contribution is 6.33. The smallest absolute Gasteiger partial charge is 0.336 e. The molecule has 1 aliphatic rings. The second kappa shape index (κ2) is 8.84. The molecule has 1 aliphatic heterocycles. The summed E-state index contributed by atoms with van der Waals surface area (Å²) < 4.78 is 39.5. The van der Waals surface area contributed by atoms with E-state index in [9.17, 15) is 22.8 Å². The van der Waals surface area contributed by atoms with Crippen molar-refractivity contribution in [2.45, 2.75) is 6.18 Å². The van der Waals surface area contributed by atoms with Gasteiger partial charge in [-0.1, -0.05) is 35.9 Å². The van der Waals surface area contributed by atoms with Gasteiger partial charge in [-0.15, -0.1) is 0 Å². The van der Waals surface area contributed by atoms with E-state index in [0.29, 0.717) is 23.8 Å². The lowest BCUT2D eigenvalue weighted by Gasteiger charge is -2.34.